The van der Waals surface area contributed by atoms with Crippen molar-refractivity contribution in [3.05, 3.63) is 0 Å². The molecule has 344 valence electrons. The molecule has 0 aromatic heterocycles. The van der Waals surface area contributed by atoms with E-state index in [9.17, 15) is 14.4 Å². The van der Waals surface area contributed by atoms with Crippen molar-refractivity contribution in [2.75, 3.05) is 13.2 Å². The highest BCUT2D eigenvalue weighted by Crippen LogP contribution is 2.17. The highest BCUT2D eigenvalue weighted by Gasteiger charge is 2.19. The summed E-state index contributed by atoms with van der Waals surface area (Å²) >= 11 is 0. The van der Waals surface area contributed by atoms with Crippen molar-refractivity contribution in [3.63, 3.8) is 0 Å². The Bertz CT molecular complexity index is 885. The second-order valence-electron chi connectivity index (χ2n) is 18.8. The van der Waals surface area contributed by atoms with Gasteiger partial charge in [0.05, 0.1) is 0 Å². The largest absolute Gasteiger partial charge is 0.462 e. The third-order valence-corrected chi connectivity index (χ3v) is 11.7. The van der Waals surface area contributed by atoms with E-state index in [1.807, 2.05) is 0 Å². The van der Waals surface area contributed by atoms with Crippen LogP contribution in [-0.4, -0.2) is 37.2 Å². The summed E-state index contributed by atoms with van der Waals surface area (Å²) in [5, 5.41) is 0. The number of ether oxygens (including phenoxy) is 3. The van der Waals surface area contributed by atoms with Crippen LogP contribution in [0.1, 0.15) is 285 Å². The third-order valence-electron chi connectivity index (χ3n) is 11.7. The third kappa shape index (κ3) is 45.5. The predicted octanol–water partition coefficient (Wildman–Crippen LogP) is 16.5. The molecule has 6 nitrogen and oxygen atoms in total. The van der Waals surface area contributed by atoms with E-state index in [1.54, 1.807) is 0 Å². The maximum Gasteiger partial charge on any atom is 0.306 e. The lowest BCUT2D eigenvalue weighted by atomic mass is 10.0. The number of hydrogen-bond acceptors (Lipinski definition) is 6. The zero-order valence-electron chi connectivity index (χ0n) is 39.7. The monoisotopic (exact) mass is 821 g/mol. The maximum absolute atomic E-state index is 12.7. The van der Waals surface area contributed by atoms with E-state index < -0.39 is 6.10 Å². The van der Waals surface area contributed by atoms with E-state index in [4.69, 9.17) is 14.2 Å². The first-order chi connectivity index (χ1) is 28.2. The topological polar surface area (TPSA) is 78.9 Å². The van der Waals surface area contributed by atoms with Crippen LogP contribution in [0.3, 0.4) is 0 Å². The van der Waals surface area contributed by atoms with Gasteiger partial charge in [0.1, 0.15) is 13.2 Å². The quantitative estimate of drug-likeness (QED) is 0.0346. The van der Waals surface area contributed by atoms with Crippen molar-refractivity contribution in [3.8, 4) is 0 Å². The van der Waals surface area contributed by atoms with E-state index in [0.717, 1.165) is 69.6 Å². The fourth-order valence-corrected chi connectivity index (χ4v) is 7.81. The van der Waals surface area contributed by atoms with Crippen LogP contribution >= 0.6 is 0 Å². The van der Waals surface area contributed by atoms with Crippen LogP contribution in [-0.2, 0) is 28.6 Å². The molecule has 0 N–H and O–H groups in total. The fraction of sp³-hybridized carbons (Fsp3) is 0.942. The summed E-state index contributed by atoms with van der Waals surface area (Å²) in [4.78, 5) is 37.8. The van der Waals surface area contributed by atoms with Crippen molar-refractivity contribution in [2.45, 2.75) is 291 Å². The molecule has 0 aliphatic heterocycles. The molecule has 58 heavy (non-hydrogen) atoms. The highest BCUT2D eigenvalue weighted by molar-refractivity contribution is 5.71. The average molecular weight is 821 g/mol. The van der Waals surface area contributed by atoms with Gasteiger partial charge in [0.25, 0.3) is 0 Å². The molecule has 6 heteroatoms. The number of esters is 3. The number of hydrogen-bond donors (Lipinski definition) is 0. The van der Waals surface area contributed by atoms with Crippen LogP contribution in [0.2, 0.25) is 0 Å². The second kappa shape index (κ2) is 44.9. The van der Waals surface area contributed by atoms with Gasteiger partial charge < -0.3 is 14.2 Å². The summed E-state index contributed by atoms with van der Waals surface area (Å²) in [7, 11) is 0. The van der Waals surface area contributed by atoms with Gasteiger partial charge >= 0.3 is 17.9 Å². The summed E-state index contributed by atoms with van der Waals surface area (Å²) in [6.45, 7) is 11.3. The van der Waals surface area contributed by atoms with E-state index in [2.05, 4.69) is 34.6 Å². The van der Waals surface area contributed by atoms with E-state index >= 15 is 0 Å². The van der Waals surface area contributed by atoms with Crippen LogP contribution in [0.15, 0.2) is 0 Å². The van der Waals surface area contributed by atoms with Crippen LogP contribution in [0.5, 0.6) is 0 Å². The van der Waals surface area contributed by atoms with Gasteiger partial charge in [0.15, 0.2) is 6.10 Å². The van der Waals surface area contributed by atoms with Crippen LogP contribution in [0, 0.1) is 11.8 Å². The first-order valence-electron chi connectivity index (χ1n) is 25.7. The number of carbonyl (C=O) groups is 3. The van der Waals surface area contributed by atoms with Gasteiger partial charge in [-0.3, -0.25) is 14.4 Å². The van der Waals surface area contributed by atoms with E-state index in [1.165, 1.54) is 173 Å². The molecule has 0 bridgehead atoms. The second-order valence-corrected chi connectivity index (χ2v) is 18.8. The Kier molecular flexibility index (Phi) is 43.7. The van der Waals surface area contributed by atoms with Crippen molar-refractivity contribution in [1.29, 1.82) is 0 Å². The number of unbranched alkanes of at least 4 members (excludes halogenated alkanes) is 31. The Morgan fingerprint density at radius 2 is 0.569 bits per heavy atom. The van der Waals surface area contributed by atoms with Gasteiger partial charge in [0.2, 0.25) is 0 Å². The molecule has 0 saturated carbocycles. The standard InChI is InChI=1S/C52H100O6/c1-6-7-8-9-25-34-39-44-52(55)58-49(46-57-51(54)43-38-33-29-24-20-16-15-18-22-27-31-36-41-48(4)5)45-56-50(53)42-37-32-28-23-19-14-12-10-11-13-17-21-26-30-35-40-47(2)3/h47-49H,6-46H2,1-5H3/t49-/m1/s1. The van der Waals surface area contributed by atoms with Gasteiger partial charge in [-0.1, -0.05) is 247 Å². The van der Waals surface area contributed by atoms with Crippen molar-refractivity contribution in [1.82, 2.24) is 0 Å². The summed E-state index contributed by atoms with van der Waals surface area (Å²) in [6, 6.07) is 0. The molecule has 0 rings (SSSR count). The normalized spacial score (nSPS) is 12.1. The zero-order valence-corrected chi connectivity index (χ0v) is 39.7. The Hall–Kier alpha value is -1.59. The minimum atomic E-state index is -0.760. The van der Waals surface area contributed by atoms with E-state index in [0.29, 0.717) is 19.3 Å². The van der Waals surface area contributed by atoms with Crippen LogP contribution in [0.4, 0.5) is 0 Å². The van der Waals surface area contributed by atoms with Crippen LogP contribution in [0.25, 0.3) is 0 Å². The van der Waals surface area contributed by atoms with Gasteiger partial charge in [-0.2, -0.15) is 0 Å². The molecule has 0 heterocycles. The maximum atomic E-state index is 12.7. The molecule has 0 radical (unpaired) electrons. The molecule has 1 atom stereocenters. The Labute approximate surface area is 361 Å². The molecule has 0 amide bonds. The first-order valence-corrected chi connectivity index (χ1v) is 25.7. The lowest BCUT2D eigenvalue weighted by Gasteiger charge is -2.18. The Balaban J connectivity index is 4.15. The minimum absolute atomic E-state index is 0.0642. The fourth-order valence-electron chi connectivity index (χ4n) is 7.81. The smallest absolute Gasteiger partial charge is 0.306 e. The predicted molar refractivity (Wildman–Crippen MR) is 247 cm³/mol. The number of rotatable bonds is 46. The molecule has 0 spiro atoms. The molecule has 0 fully saturated rings. The minimum Gasteiger partial charge on any atom is -0.462 e. The summed E-state index contributed by atoms with van der Waals surface area (Å²) in [5.74, 6) is 0.828. The Morgan fingerprint density at radius 3 is 0.845 bits per heavy atom. The molecule has 0 unspecified atom stereocenters. The van der Waals surface area contributed by atoms with Gasteiger partial charge in [0, 0.05) is 19.3 Å². The molecule has 0 aliphatic rings. The lowest BCUT2D eigenvalue weighted by molar-refractivity contribution is -0.167. The summed E-state index contributed by atoms with van der Waals surface area (Å²) in [6.07, 6.45) is 45.3. The van der Waals surface area contributed by atoms with Crippen molar-refractivity contribution < 1.29 is 28.6 Å². The van der Waals surface area contributed by atoms with Gasteiger partial charge in [-0.25, -0.2) is 0 Å². The zero-order chi connectivity index (χ0) is 42.6. The first kappa shape index (κ1) is 56.4. The molecule has 0 aromatic rings. The molecule has 0 saturated heterocycles. The summed E-state index contributed by atoms with van der Waals surface area (Å²) in [5.41, 5.74) is 0. The van der Waals surface area contributed by atoms with Gasteiger partial charge in [-0.15, -0.1) is 0 Å². The summed E-state index contributed by atoms with van der Waals surface area (Å²) < 4.78 is 16.7. The van der Waals surface area contributed by atoms with Crippen LogP contribution < -0.4 is 0 Å². The van der Waals surface area contributed by atoms with Gasteiger partial charge in [-0.05, 0) is 31.1 Å². The molecular weight excluding hydrogens is 721 g/mol. The Morgan fingerprint density at radius 1 is 0.328 bits per heavy atom. The molecule has 0 aliphatic carbocycles. The van der Waals surface area contributed by atoms with E-state index in [-0.39, 0.29) is 31.1 Å². The molecular formula is C52H100O6. The molecule has 0 aromatic carbocycles. The average Bonchev–Trinajstić information content (AvgIpc) is 3.19. The lowest BCUT2D eigenvalue weighted by Crippen LogP contribution is -2.30. The van der Waals surface area contributed by atoms with Crippen molar-refractivity contribution >= 4 is 17.9 Å². The van der Waals surface area contributed by atoms with Crippen molar-refractivity contribution in [2.24, 2.45) is 11.8 Å². The SMILES string of the molecule is CCCCCCCCCC(=O)O[C@H](COC(=O)CCCCCCCCCCCCCCCCCC(C)C)COC(=O)CCCCCCCCCCCCCCC(C)C. The highest BCUT2D eigenvalue weighted by atomic mass is 16.6. The number of carbonyl (C=O) groups excluding carboxylic acids is 3.